The second-order valence-electron chi connectivity index (χ2n) is 8.72. The average Bonchev–Trinajstić information content (AvgIpc) is 3.62. The molecule has 4 nitrogen and oxygen atoms in total. The fraction of sp³-hybridized carbons (Fsp3) is 0.192. The lowest BCUT2D eigenvalue weighted by atomic mass is 10.1. The summed E-state index contributed by atoms with van der Waals surface area (Å²) in [6.45, 7) is 1.35. The van der Waals surface area contributed by atoms with Crippen molar-refractivity contribution in [2.75, 3.05) is 0 Å². The van der Waals surface area contributed by atoms with Crippen LogP contribution in [-0.2, 0) is 13.7 Å². The summed E-state index contributed by atoms with van der Waals surface area (Å²) in [6, 6.07) is 18.9. The molecule has 0 spiro atoms. The zero-order valence-electron chi connectivity index (χ0n) is 21.7. The highest BCUT2D eigenvalue weighted by atomic mass is 32.3. The molecule has 0 bridgehead atoms. The summed E-state index contributed by atoms with van der Waals surface area (Å²) >= 11 is 2.99. The number of thiophene rings is 2. The van der Waals surface area contributed by atoms with Crippen LogP contribution in [0.25, 0.3) is 0 Å². The van der Waals surface area contributed by atoms with Gasteiger partial charge in [-0.1, -0.05) is 48.2 Å². The zero-order valence-corrected chi connectivity index (χ0v) is 25.7. The van der Waals surface area contributed by atoms with Gasteiger partial charge in [-0.2, -0.15) is 47.9 Å². The van der Waals surface area contributed by atoms with E-state index in [0.29, 0.717) is 13.3 Å². The fourth-order valence-electron chi connectivity index (χ4n) is 3.58. The second kappa shape index (κ2) is 12.0. The second-order valence-corrected chi connectivity index (χ2v) is 17.2. The van der Waals surface area contributed by atoms with Crippen molar-refractivity contribution in [1.82, 2.24) is 0 Å². The Morgan fingerprint density at radius 1 is 0.682 bits per heavy atom. The minimum atomic E-state index is -7.47. The molecule has 18 heteroatoms. The Balaban J connectivity index is 1.92. The molecule has 2 aromatic carbocycles. The Kier molecular flexibility index (Phi) is 9.38. The summed E-state index contributed by atoms with van der Waals surface area (Å²) in [4.78, 5) is 11.7. The van der Waals surface area contributed by atoms with Crippen LogP contribution in [0.3, 0.4) is 0 Å². The van der Waals surface area contributed by atoms with Gasteiger partial charge in [0, 0.05) is 9.79 Å². The molecular weight excluding hydrogens is 708 g/mol. The Hall–Kier alpha value is -2.51. The number of carbonyl (C=O) groups is 1. The van der Waals surface area contributed by atoms with E-state index >= 15 is 0 Å². The third-order valence-electron chi connectivity index (χ3n) is 5.74. The van der Waals surface area contributed by atoms with E-state index in [1.807, 2.05) is 0 Å². The van der Waals surface area contributed by atoms with Crippen LogP contribution < -0.4 is 0 Å². The minimum absolute atomic E-state index is 0.147. The first-order valence-corrected chi connectivity index (χ1v) is 17.2. The molecule has 0 saturated heterocycles. The molecule has 0 atom stereocenters. The fourth-order valence-corrected chi connectivity index (χ4v) is 13.3. The van der Waals surface area contributed by atoms with Crippen molar-refractivity contribution >= 4 is 60.6 Å². The molecule has 238 valence electrons. The normalized spacial score (nSPS) is 14.0. The third kappa shape index (κ3) is 5.91. The van der Waals surface area contributed by atoms with Crippen LogP contribution in [0.1, 0.15) is 16.6 Å². The first kappa shape index (κ1) is 34.4. The van der Waals surface area contributed by atoms with E-state index in [1.165, 1.54) is 79.7 Å². The highest BCUT2D eigenvalue weighted by Gasteiger charge is 2.86. The van der Waals surface area contributed by atoms with E-state index in [1.54, 1.807) is 12.1 Å². The molecular formula is C26H17F9O4S5. The molecule has 0 saturated carbocycles. The van der Waals surface area contributed by atoms with Gasteiger partial charge in [0.15, 0.2) is 5.78 Å². The van der Waals surface area contributed by atoms with Crippen LogP contribution >= 0.6 is 44.7 Å². The largest absolute Gasteiger partial charge is 0.460 e. The number of ketones is 1. The summed E-state index contributed by atoms with van der Waals surface area (Å²) in [5.41, 5.74) is 0. The van der Waals surface area contributed by atoms with Crippen LogP contribution in [0.5, 0.6) is 0 Å². The Morgan fingerprint density at radius 3 is 1.61 bits per heavy atom. The minimum Gasteiger partial charge on any atom is -0.294 e. The van der Waals surface area contributed by atoms with E-state index in [4.69, 9.17) is 3.63 Å². The van der Waals surface area contributed by atoms with Gasteiger partial charge in [-0.15, -0.1) is 22.7 Å². The van der Waals surface area contributed by atoms with Crippen LogP contribution in [-0.4, -0.2) is 37.5 Å². The first-order valence-electron chi connectivity index (χ1n) is 11.8. The van der Waals surface area contributed by atoms with Gasteiger partial charge >= 0.3 is 33.4 Å². The predicted octanol–water partition coefficient (Wildman–Crippen LogP) is 10.1. The number of halogens is 9. The van der Waals surface area contributed by atoms with Crippen LogP contribution in [0.2, 0.25) is 0 Å². The number of carbonyl (C=O) groups excluding carboxylic acids is 1. The lowest BCUT2D eigenvalue weighted by Gasteiger charge is -2.40. The van der Waals surface area contributed by atoms with Crippen LogP contribution in [0.15, 0.2) is 107 Å². The Bertz CT molecular complexity index is 1700. The number of rotatable bonds is 11. The van der Waals surface area contributed by atoms with E-state index in [-0.39, 0.29) is 19.8 Å². The maximum absolute atomic E-state index is 15.0. The molecule has 44 heavy (non-hydrogen) atoms. The van der Waals surface area contributed by atoms with Gasteiger partial charge in [0.1, 0.15) is 0 Å². The van der Waals surface area contributed by atoms with Gasteiger partial charge < -0.3 is 0 Å². The molecule has 2 heterocycles. The number of Topliss-reactive ketones (excluding diaryl/α,β-unsaturated/α-hetero) is 1. The van der Waals surface area contributed by atoms with E-state index < -0.39 is 43.7 Å². The van der Waals surface area contributed by atoms with Gasteiger partial charge in [0.2, 0.25) is 0 Å². The molecule has 0 unspecified atom stereocenters. The summed E-state index contributed by atoms with van der Waals surface area (Å²) in [5, 5.41) is -7.06. The van der Waals surface area contributed by atoms with Crippen molar-refractivity contribution < 1.29 is 56.4 Å². The summed E-state index contributed by atoms with van der Waals surface area (Å²) in [7, 11) is -11.3. The third-order valence-corrected chi connectivity index (χ3v) is 15.0. The molecule has 0 aliphatic heterocycles. The highest BCUT2D eigenvalue weighted by molar-refractivity contribution is 8.34. The van der Waals surface area contributed by atoms with Gasteiger partial charge in [-0.05, 0) is 65.8 Å². The molecule has 0 N–H and O–H groups in total. The number of hydrogen-bond donors (Lipinski definition) is 0. The average molecular weight is 725 g/mol. The van der Waals surface area contributed by atoms with Crippen molar-refractivity contribution in [2.45, 2.75) is 52.6 Å². The summed E-state index contributed by atoms with van der Waals surface area (Å²) in [5.74, 6) is -15.1. The Morgan fingerprint density at radius 2 is 1.16 bits per heavy atom. The van der Waals surface area contributed by atoms with Crippen molar-refractivity contribution in [1.29, 1.82) is 0 Å². The van der Waals surface area contributed by atoms with Crippen LogP contribution in [0, 0.1) is 0 Å². The van der Waals surface area contributed by atoms with Crippen molar-refractivity contribution in [3.63, 3.8) is 0 Å². The lowest BCUT2D eigenvalue weighted by molar-refractivity contribution is -0.382. The summed E-state index contributed by atoms with van der Waals surface area (Å²) < 4.78 is 156. The van der Waals surface area contributed by atoms with Crippen LogP contribution in [0.4, 0.5) is 39.5 Å². The Labute approximate surface area is 258 Å². The topological polar surface area (TPSA) is 60.4 Å². The predicted molar refractivity (Wildman–Crippen MR) is 149 cm³/mol. The van der Waals surface area contributed by atoms with Gasteiger partial charge in [-0.25, -0.2) is 3.63 Å². The SMILES string of the molecule is CC(=O)c1ccc(Sc2ccc(S(OS(=O)(=O)C(F)(F)C(F)(F)C(F)(F)C(F)(F)F)(c3ccccc3)c3ccccc3)s2)s1. The molecule has 0 radical (unpaired) electrons. The van der Waals surface area contributed by atoms with E-state index in [2.05, 4.69) is 0 Å². The number of hydrogen-bond acceptors (Lipinski definition) is 7. The smallest absolute Gasteiger partial charge is 0.294 e. The van der Waals surface area contributed by atoms with Crippen molar-refractivity contribution in [3.05, 3.63) is 89.8 Å². The maximum atomic E-state index is 15.0. The zero-order chi connectivity index (χ0) is 32.8. The lowest BCUT2D eigenvalue weighted by Crippen LogP contribution is -2.63. The maximum Gasteiger partial charge on any atom is 0.460 e. The van der Waals surface area contributed by atoms with Gasteiger partial charge in [0.25, 0.3) is 0 Å². The molecule has 2 aromatic heterocycles. The van der Waals surface area contributed by atoms with Gasteiger partial charge in [0.05, 0.1) is 17.5 Å². The monoisotopic (exact) mass is 724 g/mol. The van der Waals surface area contributed by atoms with Crippen molar-refractivity contribution in [3.8, 4) is 0 Å². The molecule has 4 rings (SSSR count). The molecule has 0 fully saturated rings. The highest BCUT2D eigenvalue weighted by Crippen LogP contribution is 2.73. The van der Waals surface area contributed by atoms with E-state index in [9.17, 15) is 52.7 Å². The quantitative estimate of drug-likeness (QED) is 0.114. The molecule has 4 aromatic rings. The first-order chi connectivity index (χ1) is 20.3. The molecule has 0 amide bonds. The number of alkyl halides is 9. The van der Waals surface area contributed by atoms with Gasteiger partial charge in [-0.3, -0.25) is 4.79 Å². The molecule has 0 aliphatic carbocycles. The van der Waals surface area contributed by atoms with E-state index in [0.717, 1.165) is 34.4 Å². The standard InChI is InChI=1S/C26H17F9O4S5/c1-16(36)19-12-13-20(40-19)41-21-14-15-22(42-21)43(17-8-4-2-5-9-17,18-10-6-3-7-11-18)39-44(37,38)26(34,35)24(29,30)23(27,28)25(31,32)33/h2-15H,1H3. The van der Waals surface area contributed by atoms with Crippen molar-refractivity contribution in [2.24, 2.45) is 0 Å². The summed E-state index contributed by atoms with van der Waals surface area (Å²) in [6.07, 6.45) is -7.23. The number of benzene rings is 2. The molecule has 0 aliphatic rings.